The number of rotatable bonds is 6. The highest BCUT2D eigenvalue weighted by Crippen LogP contribution is 2.55. The number of fused-ring (bicyclic) bond motifs is 14. The molecule has 0 saturated carbocycles. The van der Waals surface area contributed by atoms with E-state index in [9.17, 15) is 19.2 Å². The van der Waals surface area contributed by atoms with E-state index in [0.29, 0.717) is 59.0 Å². The van der Waals surface area contributed by atoms with Crippen molar-refractivity contribution in [2.45, 2.75) is 39.5 Å². The Morgan fingerprint density at radius 2 is 0.574 bits per heavy atom. The number of imide groups is 2. The molecule has 9 aromatic rings. The second kappa shape index (κ2) is 11.1. The fourth-order valence-electron chi connectivity index (χ4n) is 9.94. The number of hydrogen-bond donors (Lipinski definition) is 0. The number of benzene rings is 9. The van der Waals surface area contributed by atoms with Crippen LogP contribution in [0.25, 0.3) is 86.2 Å². The van der Waals surface area contributed by atoms with Crippen molar-refractivity contribution in [3.8, 4) is 0 Å². The Kier molecular flexibility index (Phi) is 6.38. The summed E-state index contributed by atoms with van der Waals surface area (Å²) in [4.78, 5) is 62.1. The fourth-order valence-corrected chi connectivity index (χ4v) is 9.94. The molecule has 11 rings (SSSR count). The van der Waals surface area contributed by atoms with Gasteiger partial charge in [0.2, 0.25) is 0 Å². The molecule has 260 valence electrons. The summed E-state index contributed by atoms with van der Waals surface area (Å²) in [6.45, 7) is 4.83. The van der Waals surface area contributed by atoms with E-state index in [2.05, 4.69) is 38.1 Å². The van der Waals surface area contributed by atoms with Crippen molar-refractivity contribution in [2.75, 3.05) is 13.1 Å². The number of amides is 4. The van der Waals surface area contributed by atoms with Crippen LogP contribution in [0.2, 0.25) is 0 Å². The highest BCUT2D eigenvalue weighted by Gasteiger charge is 2.41. The van der Waals surface area contributed by atoms with Gasteiger partial charge >= 0.3 is 0 Å². The SMILES string of the molecule is CCCCN1C(=O)c2c3ccccc3c3c4c2c(c2ccccc2c4c2c4ccccc4c4c5c(c6ccccc6c3c52)C(=O)N(CCCC)C4=O)C1=O. The molecule has 0 saturated heterocycles. The first-order valence-corrected chi connectivity index (χ1v) is 19.1. The molecule has 54 heavy (non-hydrogen) atoms. The molecular weight excluding hydrogens is 669 g/mol. The van der Waals surface area contributed by atoms with E-state index in [1.54, 1.807) is 0 Å². The molecule has 2 aliphatic rings. The molecule has 0 spiro atoms. The first-order chi connectivity index (χ1) is 26.5. The van der Waals surface area contributed by atoms with Gasteiger partial charge in [0.15, 0.2) is 0 Å². The average molecular weight is 703 g/mol. The van der Waals surface area contributed by atoms with E-state index < -0.39 is 0 Å². The lowest BCUT2D eigenvalue weighted by atomic mass is 9.75. The van der Waals surface area contributed by atoms with Crippen molar-refractivity contribution in [2.24, 2.45) is 0 Å². The number of hydrogen-bond acceptors (Lipinski definition) is 4. The molecule has 9 aromatic carbocycles. The smallest absolute Gasteiger partial charge is 0.262 e. The summed E-state index contributed by atoms with van der Waals surface area (Å²) in [6, 6.07) is 32.2. The molecule has 0 fully saturated rings. The zero-order chi connectivity index (χ0) is 36.6. The Labute approximate surface area is 309 Å². The van der Waals surface area contributed by atoms with E-state index >= 15 is 0 Å². The number of carbonyl (C=O) groups excluding carboxylic acids is 4. The Morgan fingerprint density at radius 1 is 0.333 bits per heavy atom. The fraction of sp³-hybridized carbons (Fsp3) is 0.167. The van der Waals surface area contributed by atoms with Crippen molar-refractivity contribution < 1.29 is 19.2 Å². The molecule has 4 amide bonds. The maximum absolute atomic E-state index is 14.8. The standard InChI is InChI=1S/C48H34N2O4/c1-3-5-23-49-45(51)37-29-19-11-7-15-25(29)33-35-27-17-9-13-21-31(27)39-44-40(48(54)50(47(39)53)24-6-4-2)32-22-14-10-18-28(32)36(42(35)44)34-26-16-8-12-20-30(26)38(46(49)52)43(37)41(33)34/h7-22H,3-6,23-24H2,1-2H3. The van der Waals surface area contributed by atoms with Crippen LogP contribution in [0.4, 0.5) is 0 Å². The van der Waals surface area contributed by atoms with Crippen LogP contribution in [-0.4, -0.2) is 46.5 Å². The lowest BCUT2D eigenvalue weighted by Crippen LogP contribution is -2.41. The number of nitrogens with zero attached hydrogens (tertiary/aromatic N) is 2. The second-order valence-corrected chi connectivity index (χ2v) is 14.9. The third-order valence-corrected chi connectivity index (χ3v) is 12.2. The Hall–Kier alpha value is -6.40. The predicted octanol–water partition coefficient (Wildman–Crippen LogP) is 11.1. The molecular formula is C48H34N2O4. The van der Waals surface area contributed by atoms with Gasteiger partial charge in [-0.1, -0.05) is 124 Å². The normalized spacial score (nSPS) is 14.6. The Morgan fingerprint density at radius 3 is 0.815 bits per heavy atom. The van der Waals surface area contributed by atoms with E-state index in [4.69, 9.17) is 0 Å². The van der Waals surface area contributed by atoms with Crippen LogP contribution in [0.15, 0.2) is 97.1 Å². The molecule has 0 radical (unpaired) electrons. The van der Waals surface area contributed by atoms with E-state index in [-0.39, 0.29) is 23.6 Å². The van der Waals surface area contributed by atoms with Gasteiger partial charge in [0, 0.05) is 34.6 Å². The Bertz CT molecular complexity index is 2820. The summed E-state index contributed by atoms with van der Waals surface area (Å²) in [5.41, 5.74) is 2.23. The molecule has 0 unspecified atom stereocenters. The predicted molar refractivity (Wildman–Crippen MR) is 218 cm³/mol. The van der Waals surface area contributed by atoms with Crippen LogP contribution >= 0.6 is 0 Å². The molecule has 0 N–H and O–H groups in total. The van der Waals surface area contributed by atoms with Gasteiger partial charge in [-0.15, -0.1) is 0 Å². The zero-order valence-electron chi connectivity index (χ0n) is 30.0. The minimum Gasteiger partial charge on any atom is -0.274 e. The van der Waals surface area contributed by atoms with Gasteiger partial charge in [-0.05, 0) is 77.5 Å². The molecule has 2 heterocycles. The van der Waals surface area contributed by atoms with Gasteiger partial charge in [0.05, 0.1) is 22.3 Å². The molecule has 2 aliphatic heterocycles. The lowest BCUT2D eigenvalue weighted by molar-refractivity contribution is 0.0595. The van der Waals surface area contributed by atoms with E-state index in [1.807, 2.05) is 72.8 Å². The largest absolute Gasteiger partial charge is 0.274 e. The molecule has 0 aromatic heterocycles. The minimum absolute atomic E-state index is 0.265. The van der Waals surface area contributed by atoms with Gasteiger partial charge in [-0.25, -0.2) is 0 Å². The highest BCUT2D eigenvalue weighted by atomic mass is 16.2. The van der Waals surface area contributed by atoms with Crippen LogP contribution in [0, 0.1) is 0 Å². The van der Waals surface area contributed by atoms with Crippen molar-refractivity contribution in [3.63, 3.8) is 0 Å². The van der Waals surface area contributed by atoms with Crippen molar-refractivity contribution >= 4 is 110 Å². The van der Waals surface area contributed by atoms with Gasteiger partial charge < -0.3 is 0 Å². The van der Waals surface area contributed by atoms with E-state index in [0.717, 1.165) is 88.2 Å². The summed E-state index contributed by atoms with van der Waals surface area (Å²) >= 11 is 0. The third kappa shape index (κ3) is 3.65. The van der Waals surface area contributed by atoms with Crippen LogP contribution in [0.1, 0.15) is 81.0 Å². The second-order valence-electron chi connectivity index (χ2n) is 14.9. The van der Waals surface area contributed by atoms with Crippen molar-refractivity contribution in [1.82, 2.24) is 9.80 Å². The summed E-state index contributed by atoms with van der Waals surface area (Å²) in [7, 11) is 0. The summed E-state index contributed by atoms with van der Waals surface area (Å²) < 4.78 is 0. The average Bonchev–Trinajstić information content (AvgIpc) is 3.20. The topological polar surface area (TPSA) is 74.8 Å². The number of unbranched alkanes of at least 4 members (excludes halogenated alkanes) is 2. The molecule has 0 atom stereocenters. The van der Waals surface area contributed by atoms with Gasteiger partial charge in [0.25, 0.3) is 23.6 Å². The summed E-state index contributed by atoms with van der Waals surface area (Å²) in [6.07, 6.45) is 3.14. The van der Waals surface area contributed by atoms with Crippen molar-refractivity contribution in [1.29, 1.82) is 0 Å². The highest BCUT2D eigenvalue weighted by molar-refractivity contribution is 6.55. The summed E-state index contributed by atoms with van der Waals surface area (Å²) in [5, 5.41) is 13.6. The lowest BCUT2D eigenvalue weighted by Gasteiger charge is -2.33. The van der Waals surface area contributed by atoms with Crippen LogP contribution in [0.5, 0.6) is 0 Å². The number of carbonyl (C=O) groups is 4. The first-order valence-electron chi connectivity index (χ1n) is 19.1. The van der Waals surface area contributed by atoms with Crippen LogP contribution < -0.4 is 0 Å². The Balaban J connectivity index is 1.52. The van der Waals surface area contributed by atoms with Crippen LogP contribution in [-0.2, 0) is 0 Å². The van der Waals surface area contributed by atoms with Crippen molar-refractivity contribution in [3.05, 3.63) is 119 Å². The third-order valence-electron chi connectivity index (χ3n) is 12.2. The minimum atomic E-state index is -0.265. The zero-order valence-corrected chi connectivity index (χ0v) is 30.0. The van der Waals surface area contributed by atoms with Gasteiger partial charge in [0.1, 0.15) is 0 Å². The molecule has 0 aliphatic carbocycles. The monoisotopic (exact) mass is 702 g/mol. The molecule has 6 heteroatoms. The van der Waals surface area contributed by atoms with Gasteiger partial charge in [-0.3, -0.25) is 29.0 Å². The summed E-state index contributed by atoms with van der Waals surface area (Å²) in [5.74, 6) is -1.06. The van der Waals surface area contributed by atoms with E-state index in [1.165, 1.54) is 9.80 Å². The molecule has 6 nitrogen and oxygen atoms in total. The molecule has 0 bridgehead atoms. The van der Waals surface area contributed by atoms with Crippen LogP contribution in [0.3, 0.4) is 0 Å². The quantitative estimate of drug-likeness (QED) is 0.0982. The maximum atomic E-state index is 14.8. The van der Waals surface area contributed by atoms with Gasteiger partial charge in [-0.2, -0.15) is 0 Å². The first kappa shape index (κ1) is 31.2. The maximum Gasteiger partial charge on any atom is 0.262 e.